The summed E-state index contributed by atoms with van der Waals surface area (Å²) >= 11 is 0.151. The lowest BCUT2D eigenvalue weighted by Gasteiger charge is -2.29. The number of piperidine rings is 1. The Bertz CT molecular complexity index is 1330. The molecule has 4 aromatic rings. The molecule has 0 spiro atoms. The molecule has 1 aromatic carbocycles. The Morgan fingerprint density at radius 1 is 1.18 bits per heavy atom. The minimum Gasteiger partial charge on any atom is -0.305 e. The number of halogens is 1. The summed E-state index contributed by atoms with van der Waals surface area (Å²) in [5.74, 6) is 1.13. The summed E-state index contributed by atoms with van der Waals surface area (Å²) in [4.78, 5) is 11.8. The van der Waals surface area contributed by atoms with Crippen LogP contribution in [0.1, 0.15) is 36.9 Å². The number of benzene rings is 1. The van der Waals surface area contributed by atoms with Gasteiger partial charge in [-0.15, -0.1) is 11.3 Å². The van der Waals surface area contributed by atoms with Crippen molar-refractivity contribution in [1.82, 2.24) is 18.7 Å². The fourth-order valence-electron chi connectivity index (χ4n) is 4.56. The number of hydrogen-bond donors (Lipinski definition) is 1. The number of aryl methyl sites for hydroxylation is 1. The van der Waals surface area contributed by atoms with Gasteiger partial charge in [0, 0.05) is 37.3 Å². The quantitative estimate of drug-likeness (QED) is 0.420. The van der Waals surface area contributed by atoms with Crippen molar-refractivity contribution in [3.8, 4) is 11.3 Å². The number of anilines is 2. The molecule has 0 saturated carbocycles. The Morgan fingerprint density at radius 3 is 2.59 bits per heavy atom. The maximum absolute atomic E-state index is 13.3. The molecule has 0 bridgehead atoms. The van der Waals surface area contributed by atoms with E-state index in [4.69, 9.17) is 15.1 Å². The van der Waals surface area contributed by atoms with Crippen LogP contribution in [-0.2, 0) is 17.6 Å². The van der Waals surface area contributed by atoms with Gasteiger partial charge in [-0.1, -0.05) is 13.0 Å². The fraction of sp³-hybridized carbons (Fsp3) is 0.333. The molecule has 34 heavy (non-hydrogen) atoms. The highest BCUT2D eigenvalue weighted by Crippen LogP contribution is 2.35. The van der Waals surface area contributed by atoms with Gasteiger partial charge in [-0.25, -0.2) is 28.0 Å². The van der Waals surface area contributed by atoms with Gasteiger partial charge in [0.05, 0.1) is 11.4 Å². The number of pyridine rings is 1. The maximum Gasteiger partial charge on any atom is 0.191 e. The second kappa shape index (κ2) is 9.53. The largest absolute Gasteiger partial charge is 0.305 e. The van der Waals surface area contributed by atoms with Crippen LogP contribution < -0.4 is 10.0 Å². The fourth-order valence-corrected chi connectivity index (χ4v) is 5.93. The number of fused-ring (bicyclic) bond motifs is 1. The molecule has 1 saturated heterocycles. The van der Waals surface area contributed by atoms with Crippen LogP contribution in [0, 0.1) is 5.82 Å². The predicted octanol–water partition coefficient (Wildman–Crippen LogP) is 4.64. The van der Waals surface area contributed by atoms with Crippen molar-refractivity contribution in [3.05, 3.63) is 65.0 Å². The minimum absolute atomic E-state index is 0.257. The van der Waals surface area contributed by atoms with Crippen LogP contribution in [0.4, 0.5) is 15.3 Å². The van der Waals surface area contributed by atoms with Crippen LogP contribution in [0.2, 0.25) is 0 Å². The number of thiazole rings is 1. The molecule has 1 aliphatic rings. The second-order valence-corrected chi connectivity index (χ2v) is 10.4. The van der Waals surface area contributed by atoms with Gasteiger partial charge in [0.2, 0.25) is 0 Å². The third-order valence-corrected chi connectivity index (χ3v) is 8.23. The zero-order valence-electron chi connectivity index (χ0n) is 19.1. The molecule has 3 aromatic heterocycles. The minimum atomic E-state index is -1.40. The van der Waals surface area contributed by atoms with Crippen molar-refractivity contribution in [2.24, 2.45) is 5.14 Å². The highest BCUT2D eigenvalue weighted by molar-refractivity contribution is 7.80. The van der Waals surface area contributed by atoms with Crippen LogP contribution in [0.15, 0.2) is 48.0 Å². The van der Waals surface area contributed by atoms with Gasteiger partial charge in [-0.05, 0) is 61.1 Å². The standard InChI is InChI=1S/C24H27FN6OS2/c1-3-20-23(29(2)24-28-21(15-33-24)17-4-7-19(25)8-5-17)31-14-18(6-9-22(31)27-20)16-10-12-30(13-11-16)34(26)32/h4-9,14-16H,3,10-13,26H2,1-2H3. The van der Waals surface area contributed by atoms with Gasteiger partial charge >= 0.3 is 0 Å². The van der Waals surface area contributed by atoms with Gasteiger partial charge in [-0.2, -0.15) is 0 Å². The number of aromatic nitrogens is 3. The van der Waals surface area contributed by atoms with Crippen molar-refractivity contribution < 1.29 is 8.60 Å². The Labute approximate surface area is 204 Å². The molecular formula is C24H27FN6OS2. The van der Waals surface area contributed by atoms with Crippen LogP contribution in [-0.4, -0.2) is 43.0 Å². The molecular weight excluding hydrogens is 471 g/mol. The molecule has 178 valence electrons. The van der Waals surface area contributed by atoms with Gasteiger partial charge in [0.15, 0.2) is 16.3 Å². The van der Waals surface area contributed by atoms with Crippen molar-refractivity contribution in [3.63, 3.8) is 0 Å². The van der Waals surface area contributed by atoms with E-state index in [9.17, 15) is 8.60 Å². The van der Waals surface area contributed by atoms with Gasteiger partial charge in [0.25, 0.3) is 0 Å². The van der Waals surface area contributed by atoms with Gasteiger partial charge in [0.1, 0.15) is 17.3 Å². The number of rotatable bonds is 6. The Balaban J connectivity index is 1.47. The molecule has 0 amide bonds. The van der Waals surface area contributed by atoms with Crippen LogP contribution in [0.25, 0.3) is 16.9 Å². The first-order valence-electron chi connectivity index (χ1n) is 11.3. The van der Waals surface area contributed by atoms with Crippen LogP contribution in [0.3, 0.4) is 0 Å². The topological polar surface area (TPSA) is 79.8 Å². The van der Waals surface area contributed by atoms with Crippen LogP contribution >= 0.6 is 11.3 Å². The van der Waals surface area contributed by atoms with Crippen molar-refractivity contribution in [2.45, 2.75) is 32.1 Å². The van der Waals surface area contributed by atoms with Gasteiger partial charge in [-0.3, -0.25) is 4.40 Å². The normalized spacial score (nSPS) is 16.2. The van der Waals surface area contributed by atoms with E-state index >= 15 is 0 Å². The van der Waals surface area contributed by atoms with E-state index in [0.29, 0.717) is 5.92 Å². The van der Waals surface area contributed by atoms with Crippen molar-refractivity contribution >= 4 is 39.1 Å². The summed E-state index contributed by atoms with van der Waals surface area (Å²) in [7, 11) is 2.01. The van der Waals surface area contributed by atoms with E-state index in [1.807, 2.05) is 16.7 Å². The first kappa shape index (κ1) is 23.1. The Morgan fingerprint density at radius 2 is 1.91 bits per heavy atom. The zero-order chi connectivity index (χ0) is 23.8. The summed E-state index contributed by atoms with van der Waals surface area (Å²) in [6, 6.07) is 10.6. The third-order valence-electron chi connectivity index (χ3n) is 6.44. The van der Waals surface area contributed by atoms with E-state index in [2.05, 4.69) is 34.6 Å². The smallest absolute Gasteiger partial charge is 0.191 e. The number of nitrogens with two attached hydrogens (primary N) is 1. The third kappa shape index (κ3) is 4.38. The van der Waals surface area contributed by atoms with Gasteiger partial charge < -0.3 is 4.90 Å². The molecule has 1 unspecified atom stereocenters. The molecule has 1 atom stereocenters. The molecule has 10 heteroatoms. The number of imidazole rings is 1. The molecule has 2 N–H and O–H groups in total. The lowest BCUT2D eigenvalue weighted by Crippen LogP contribution is -2.37. The average Bonchev–Trinajstić information content (AvgIpc) is 3.49. The highest BCUT2D eigenvalue weighted by Gasteiger charge is 2.24. The summed E-state index contributed by atoms with van der Waals surface area (Å²) < 4.78 is 28.9. The molecule has 1 aliphatic heterocycles. The molecule has 4 heterocycles. The first-order valence-corrected chi connectivity index (χ1v) is 13.4. The summed E-state index contributed by atoms with van der Waals surface area (Å²) in [5.41, 5.74) is 4.86. The molecule has 1 fully saturated rings. The predicted molar refractivity (Wildman–Crippen MR) is 136 cm³/mol. The van der Waals surface area contributed by atoms with Crippen molar-refractivity contribution in [2.75, 3.05) is 25.0 Å². The van der Waals surface area contributed by atoms with E-state index in [-0.39, 0.29) is 5.82 Å². The van der Waals surface area contributed by atoms with E-state index in [0.717, 1.165) is 65.9 Å². The zero-order valence-corrected chi connectivity index (χ0v) is 20.8. The van der Waals surface area contributed by atoms with Crippen LogP contribution in [0.5, 0.6) is 0 Å². The molecule has 5 rings (SSSR count). The SMILES string of the molecule is CCc1nc2ccc(C3CCN(S(N)=O)CC3)cn2c1N(C)c1nc(-c2ccc(F)cc2)cs1. The van der Waals surface area contributed by atoms with E-state index in [1.54, 1.807) is 23.5 Å². The van der Waals surface area contributed by atoms with E-state index in [1.165, 1.54) is 17.7 Å². The first-order chi connectivity index (χ1) is 16.4. The lowest BCUT2D eigenvalue weighted by molar-refractivity contribution is 0.334. The summed E-state index contributed by atoms with van der Waals surface area (Å²) in [6.45, 7) is 3.57. The molecule has 0 radical (unpaired) electrons. The Hall–Kier alpha value is -2.66. The molecule has 7 nitrogen and oxygen atoms in total. The maximum atomic E-state index is 13.3. The average molecular weight is 499 g/mol. The second-order valence-electron chi connectivity index (χ2n) is 8.49. The van der Waals surface area contributed by atoms with Crippen molar-refractivity contribution in [1.29, 1.82) is 0 Å². The highest BCUT2D eigenvalue weighted by atomic mass is 32.2. The van der Waals surface area contributed by atoms with E-state index < -0.39 is 11.2 Å². The lowest BCUT2D eigenvalue weighted by atomic mass is 9.91. The Kier molecular flexibility index (Phi) is 6.48. The number of nitrogens with zero attached hydrogens (tertiary/aromatic N) is 5. The summed E-state index contributed by atoms with van der Waals surface area (Å²) in [5, 5.41) is 8.40. The number of hydrogen-bond acceptors (Lipinski definition) is 5. The monoisotopic (exact) mass is 498 g/mol. The summed E-state index contributed by atoms with van der Waals surface area (Å²) in [6.07, 6.45) is 4.82. The molecule has 0 aliphatic carbocycles.